The molecule has 27 heavy (non-hydrogen) atoms. The van der Waals surface area contributed by atoms with Gasteiger partial charge in [0.1, 0.15) is 5.75 Å². The quantitative estimate of drug-likeness (QED) is 0.696. The Morgan fingerprint density at radius 2 is 1.85 bits per heavy atom. The summed E-state index contributed by atoms with van der Waals surface area (Å²) in [6.07, 6.45) is -0.515. The van der Waals surface area contributed by atoms with Crippen molar-refractivity contribution in [1.82, 2.24) is 19.7 Å². The van der Waals surface area contributed by atoms with E-state index >= 15 is 0 Å². The first-order valence-electron chi connectivity index (χ1n) is 8.97. The predicted molar refractivity (Wildman–Crippen MR) is 107 cm³/mol. The summed E-state index contributed by atoms with van der Waals surface area (Å²) in [6, 6.07) is 15.9. The number of aliphatic hydroxyl groups is 1. The van der Waals surface area contributed by atoms with Gasteiger partial charge in [-0.25, -0.2) is 9.67 Å². The molecule has 6 heteroatoms. The van der Waals surface area contributed by atoms with Crippen molar-refractivity contribution < 1.29 is 9.84 Å². The minimum Gasteiger partial charge on any atom is -0.497 e. The van der Waals surface area contributed by atoms with Gasteiger partial charge in [-0.2, -0.15) is 5.10 Å². The van der Waals surface area contributed by atoms with E-state index < -0.39 is 6.10 Å². The van der Waals surface area contributed by atoms with Gasteiger partial charge in [0.25, 0.3) is 0 Å². The Balaban J connectivity index is 2.01. The number of benzene rings is 2. The highest BCUT2D eigenvalue weighted by Gasteiger charge is 2.15. The van der Waals surface area contributed by atoms with Gasteiger partial charge in [-0.05, 0) is 56.9 Å². The molecule has 0 saturated heterocycles. The maximum atomic E-state index is 9.89. The zero-order chi connectivity index (χ0) is 19.4. The fourth-order valence-corrected chi connectivity index (χ4v) is 2.97. The maximum Gasteiger partial charge on any atom is 0.181 e. The molecule has 0 aliphatic carbocycles. The summed E-state index contributed by atoms with van der Waals surface area (Å²) in [5.74, 6) is 2.17. The fourth-order valence-electron chi connectivity index (χ4n) is 2.97. The predicted octanol–water partition coefficient (Wildman–Crippen LogP) is 3.06. The molecule has 1 N–H and O–H groups in total. The molecule has 3 aromatic rings. The first-order valence-corrected chi connectivity index (χ1v) is 8.97. The van der Waals surface area contributed by atoms with E-state index in [-0.39, 0.29) is 0 Å². The van der Waals surface area contributed by atoms with Crippen LogP contribution < -0.4 is 4.74 Å². The molecule has 1 aromatic heterocycles. The lowest BCUT2D eigenvalue weighted by molar-refractivity contribution is 0.169. The van der Waals surface area contributed by atoms with Crippen LogP contribution in [0.25, 0.3) is 22.8 Å². The fraction of sp³-hybridized carbons (Fsp3) is 0.333. The SMILES string of the molecule is COc1ccc(-c2nc(-c3cccc(CN(C)C)c3)n(CC(C)O)n2)cc1. The maximum absolute atomic E-state index is 9.89. The van der Waals surface area contributed by atoms with Gasteiger partial charge in [0.2, 0.25) is 0 Å². The van der Waals surface area contributed by atoms with Crippen LogP contribution in [0.1, 0.15) is 12.5 Å². The largest absolute Gasteiger partial charge is 0.497 e. The molecule has 0 aliphatic rings. The van der Waals surface area contributed by atoms with Crippen molar-refractivity contribution in [2.75, 3.05) is 21.2 Å². The van der Waals surface area contributed by atoms with Crippen LogP contribution in [0.4, 0.5) is 0 Å². The van der Waals surface area contributed by atoms with E-state index in [0.717, 1.165) is 29.2 Å². The Morgan fingerprint density at radius 3 is 2.48 bits per heavy atom. The molecule has 0 saturated carbocycles. The number of ether oxygens (including phenoxy) is 1. The van der Waals surface area contributed by atoms with Crippen LogP contribution in [0, 0.1) is 0 Å². The third-order valence-electron chi connectivity index (χ3n) is 4.14. The van der Waals surface area contributed by atoms with Gasteiger partial charge >= 0.3 is 0 Å². The van der Waals surface area contributed by atoms with Gasteiger partial charge in [0.05, 0.1) is 19.8 Å². The van der Waals surface area contributed by atoms with Crippen molar-refractivity contribution in [2.24, 2.45) is 0 Å². The van der Waals surface area contributed by atoms with Crippen LogP contribution in [-0.2, 0) is 13.1 Å². The second-order valence-corrected chi connectivity index (χ2v) is 6.96. The lowest BCUT2D eigenvalue weighted by atomic mass is 10.1. The molecule has 0 fully saturated rings. The van der Waals surface area contributed by atoms with Crippen molar-refractivity contribution in [3.05, 3.63) is 54.1 Å². The average Bonchev–Trinajstić information content (AvgIpc) is 3.04. The van der Waals surface area contributed by atoms with E-state index in [0.29, 0.717) is 12.4 Å². The summed E-state index contributed by atoms with van der Waals surface area (Å²) in [7, 11) is 5.73. The number of aliphatic hydroxyl groups excluding tert-OH is 1. The summed E-state index contributed by atoms with van der Waals surface area (Å²) in [4.78, 5) is 6.89. The van der Waals surface area contributed by atoms with Gasteiger partial charge in [-0.15, -0.1) is 0 Å². The number of nitrogens with zero attached hydrogens (tertiary/aromatic N) is 4. The molecule has 142 valence electrons. The van der Waals surface area contributed by atoms with E-state index in [9.17, 15) is 5.11 Å². The lowest BCUT2D eigenvalue weighted by Crippen LogP contribution is -2.14. The van der Waals surface area contributed by atoms with Gasteiger partial charge in [-0.3, -0.25) is 0 Å². The van der Waals surface area contributed by atoms with E-state index in [2.05, 4.69) is 22.1 Å². The number of hydrogen-bond donors (Lipinski definition) is 1. The van der Waals surface area contributed by atoms with Gasteiger partial charge in [-0.1, -0.05) is 18.2 Å². The second kappa shape index (κ2) is 8.33. The first-order chi connectivity index (χ1) is 13.0. The van der Waals surface area contributed by atoms with Crippen molar-refractivity contribution >= 4 is 0 Å². The number of methoxy groups -OCH3 is 1. The highest BCUT2D eigenvalue weighted by Crippen LogP contribution is 2.25. The molecule has 0 aliphatic heterocycles. The Labute approximate surface area is 160 Å². The van der Waals surface area contributed by atoms with Crippen molar-refractivity contribution in [1.29, 1.82) is 0 Å². The van der Waals surface area contributed by atoms with Crippen LogP contribution in [0.2, 0.25) is 0 Å². The van der Waals surface area contributed by atoms with E-state index in [1.54, 1.807) is 18.7 Å². The van der Waals surface area contributed by atoms with Gasteiger partial charge < -0.3 is 14.7 Å². The summed E-state index contributed by atoms with van der Waals surface area (Å²) >= 11 is 0. The molecule has 0 spiro atoms. The zero-order valence-corrected chi connectivity index (χ0v) is 16.3. The molecule has 0 radical (unpaired) electrons. The molecule has 6 nitrogen and oxygen atoms in total. The molecule has 2 aromatic carbocycles. The van der Waals surface area contributed by atoms with E-state index in [1.165, 1.54) is 5.56 Å². The monoisotopic (exact) mass is 366 g/mol. The standard InChI is InChI=1S/C21H26N4O2/c1-15(26)13-25-21(18-7-5-6-16(12-18)14-24(2)3)22-20(23-25)17-8-10-19(27-4)11-9-17/h5-12,15,26H,13-14H2,1-4H3. The van der Waals surface area contributed by atoms with E-state index in [4.69, 9.17) is 9.72 Å². The summed E-state index contributed by atoms with van der Waals surface area (Å²) in [5, 5.41) is 14.5. The topological polar surface area (TPSA) is 63.4 Å². The van der Waals surface area contributed by atoms with E-state index in [1.807, 2.05) is 50.5 Å². The minimum atomic E-state index is -0.515. The third-order valence-corrected chi connectivity index (χ3v) is 4.14. The molecular weight excluding hydrogens is 340 g/mol. The smallest absolute Gasteiger partial charge is 0.181 e. The molecule has 1 unspecified atom stereocenters. The molecule has 0 bridgehead atoms. The highest BCUT2D eigenvalue weighted by molar-refractivity contribution is 5.62. The Morgan fingerprint density at radius 1 is 1.11 bits per heavy atom. The molecule has 1 atom stereocenters. The summed E-state index contributed by atoms with van der Waals surface area (Å²) in [5.41, 5.74) is 3.10. The Bertz CT molecular complexity index is 885. The molecule has 1 heterocycles. The summed E-state index contributed by atoms with van der Waals surface area (Å²) in [6.45, 7) is 2.99. The van der Waals surface area contributed by atoms with Crippen LogP contribution in [0.3, 0.4) is 0 Å². The number of rotatable bonds is 7. The third kappa shape index (κ3) is 4.72. The Kier molecular flexibility index (Phi) is 5.88. The highest BCUT2D eigenvalue weighted by atomic mass is 16.5. The van der Waals surface area contributed by atoms with Gasteiger partial charge in [0, 0.05) is 17.7 Å². The van der Waals surface area contributed by atoms with Crippen molar-refractivity contribution in [2.45, 2.75) is 26.1 Å². The second-order valence-electron chi connectivity index (χ2n) is 6.96. The van der Waals surface area contributed by atoms with Crippen molar-refractivity contribution in [3.63, 3.8) is 0 Å². The molecule has 3 rings (SSSR count). The summed E-state index contributed by atoms with van der Waals surface area (Å²) < 4.78 is 6.99. The normalized spacial score (nSPS) is 12.4. The van der Waals surface area contributed by atoms with Crippen LogP contribution in [-0.4, -0.2) is 52.1 Å². The van der Waals surface area contributed by atoms with Crippen molar-refractivity contribution in [3.8, 4) is 28.5 Å². The minimum absolute atomic E-state index is 0.385. The first kappa shape index (κ1) is 19.1. The van der Waals surface area contributed by atoms with Gasteiger partial charge in [0.15, 0.2) is 11.6 Å². The number of hydrogen-bond acceptors (Lipinski definition) is 5. The number of aromatic nitrogens is 3. The lowest BCUT2D eigenvalue weighted by Gasteiger charge is -2.11. The average molecular weight is 366 g/mol. The Hall–Kier alpha value is -2.70. The zero-order valence-electron chi connectivity index (χ0n) is 16.3. The van der Waals surface area contributed by atoms with Crippen LogP contribution >= 0.6 is 0 Å². The molecule has 0 amide bonds. The molecular formula is C21H26N4O2. The van der Waals surface area contributed by atoms with Crippen LogP contribution in [0.5, 0.6) is 5.75 Å². The van der Waals surface area contributed by atoms with Crippen LogP contribution in [0.15, 0.2) is 48.5 Å².